The van der Waals surface area contributed by atoms with Crippen molar-refractivity contribution in [1.82, 2.24) is 10.2 Å². The van der Waals surface area contributed by atoms with E-state index in [-0.39, 0.29) is 17.3 Å². The Kier molecular flexibility index (Phi) is 3.02. The molecule has 0 bridgehead atoms. The maximum Gasteiger partial charge on any atom is 0.445 e. The van der Waals surface area contributed by atoms with Gasteiger partial charge in [-0.15, -0.1) is 10.2 Å². The van der Waals surface area contributed by atoms with Gasteiger partial charge >= 0.3 is 6.18 Å². The number of hydrogen-bond acceptors (Lipinski definition) is 5. The summed E-state index contributed by atoms with van der Waals surface area (Å²) >= 11 is 0.515. The molecule has 0 spiro atoms. The first-order valence-corrected chi connectivity index (χ1v) is 5.57. The number of hydrogen-bond donors (Lipinski definition) is 1. The Balaban J connectivity index is 2.03. The summed E-state index contributed by atoms with van der Waals surface area (Å²) in [6.45, 7) is 2.49. The fourth-order valence-corrected chi connectivity index (χ4v) is 2.15. The van der Waals surface area contributed by atoms with Crippen LogP contribution >= 0.6 is 11.3 Å². The topological polar surface area (TPSA) is 47.0 Å². The van der Waals surface area contributed by atoms with Crippen LogP contribution in [0.1, 0.15) is 18.4 Å². The highest BCUT2D eigenvalue weighted by Gasteiger charge is 2.36. The molecule has 1 aliphatic heterocycles. The van der Waals surface area contributed by atoms with Gasteiger partial charge in [-0.05, 0) is 13.3 Å². The first kappa shape index (κ1) is 11.6. The van der Waals surface area contributed by atoms with E-state index in [0.717, 1.165) is 6.42 Å². The van der Waals surface area contributed by atoms with Crippen LogP contribution in [-0.2, 0) is 10.9 Å². The maximum atomic E-state index is 12.2. The molecule has 4 nitrogen and oxygen atoms in total. The van der Waals surface area contributed by atoms with Crippen LogP contribution in [0.4, 0.5) is 18.3 Å². The Labute approximate surface area is 93.8 Å². The zero-order chi connectivity index (χ0) is 11.8. The molecule has 0 saturated carbocycles. The number of rotatable bonds is 2. The van der Waals surface area contributed by atoms with Crippen LogP contribution in [0, 0.1) is 0 Å². The lowest BCUT2D eigenvalue weighted by atomic mass is 10.2. The molecule has 0 radical (unpaired) electrons. The van der Waals surface area contributed by atoms with Crippen molar-refractivity contribution >= 4 is 16.5 Å². The molecular formula is C8H10F3N3OS. The van der Waals surface area contributed by atoms with Gasteiger partial charge in [0.1, 0.15) is 0 Å². The highest BCUT2D eigenvalue weighted by atomic mass is 32.1. The van der Waals surface area contributed by atoms with Gasteiger partial charge in [-0.25, -0.2) is 0 Å². The lowest BCUT2D eigenvalue weighted by Gasteiger charge is -2.14. The molecule has 0 aliphatic carbocycles. The normalized spacial score (nSPS) is 26.0. The number of halogens is 3. The van der Waals surface area contributed by atoms with E-state index in [0.29, 0.717) is 17.9 Å². The van der Waals surface area contributed by atoms with E-state index in [1.165, 1.54) is 0 Å². The van der Waals surface area contributed by atoms with E-state index in [2.05, 4.69) is 15.5 Å². The van der Waals surface area contributed by atoms with E-state index < -0.39 is 11.2 Å². The summed E-state index contributed by atoms with van der Waals surface area (Å²) in [5.74, 6) is 0. The molecule has 1 fully saturated rings. The van der Waals surface area contributed by atoms with E-state index in [9.17, 15) is 13.2 Å². The molecule has 2 rings (SSSR count). The van der Waals surface area contributed by atoms with Crippen LogP contribution in [0.3, 0.4) is 0 Å². The minimum atomic E-state index is -4.42. The van der Waals surface area contributed by atoms with Gasteiger partial charge in [-0.3, -0.25) is 0 Å². The van der Waals surface area contributed by atoms with E-state index >= 15 is 0 Å². The fraction of sp³-hybridized carbons (Fsp3) is 0.750. The van der Waals surface area contributed by atoms with Crippen LogP contribution in [-0.4, -0.2) is 29.0 Å². The Hall–Kier alpha value is -0.890. The largest absolute Gasteiger partial charge is 0.445 e. The Bertz CT molecular complexity index is 368. The van der Waals surface area contributed by atoms with Crippen molar-refractivity contribution in [1.29, 1.82) is 0 Å². The monoisotopic (exact) mass is 253 g/mol. The standard InChI is InChI=1S/C8H10F3N3OS/c1-4-5(2-3-15-4)12-7-14-13-6(16-7)8(9,10)11/h4-5H,2-3H2,1H3,(H,12,14). The molecule has 0 aromatic carbocycles. The molecule has 1 aromatic rings. The minimum absolute atomic E-state index is 0.00836. The molecule has 1 aromatic heterocycles. The summed E-state index contributed by atoms with van der Waals surface area (Å²) in [4.78, 5) is 0. The zero-order valence-corrected chi connectivity index (χ0v) is 9.23. The summed E-state index contributed by atoms with van der Waals surface area (Å²) < 4.78 is 42.0. The second-order valence-corrected chi connectivity index (χ2v) is 4.50. The molecule has 2 atom stereocenters. The number of nitrogens with zero attached hydrogens (tertiary/aromatic N) is 2. The molecule has 1 saturated heterocycles. The van der Waals surface area contributed by atoms with Gasteiger partial charge in [0.2, 0.25) is 10.1 Å². The van der Waals surface area contributed by atoms with E-state index in [4.69, 9.17) is 4.74 Å². The summed E-state index contributed by atoms with van der Waals surface area (Å²) in [5.41, 5.74) is 0. The van der Waals surface area contributed by atoms with Crippen molar-refractivity contribution in [3.8, 4) is 0 Å². The summed E-state index contributed by atoms with van der Waals surface area (Å²) in [6.07, 6.45) is -3.67. The van der Waals surface area contributed by atoms with Crippen molar-refractivity contribution in [3.63, 3.8) is 0 Å². The number of alkyl halides is 3. The molecule has 16 heavy (non-hydrogen) atoms. The van der Waals surface area contributed by atoms with E-state index in [1.807, 2.05) is 6.92 Å². The lowest BCUT2D eigenvalue weighted by Crippen LogP contribution is -2.26. The van der Waals surface area contributed by atoms with Gasteiger partial charge in [0.25, 0.3) is 0 Å². The third-order valence-electron chi connectivity index (χ3n) is 2.35. The first-order chi connectivity index (χ1) is 7.47. The average molecular weight is 253 g/mol. The second kappa shape index (κ2) is 4.17. The zero-order valence-electron chi connectivity index (χ0n) is 8.41. The van der Waals surface area contributed by atoms with E-state index in [1.54, 1.807) is 0 Å². The SMILES string of the molecule is CC1OCCC1Nc1nnc(C(F)(F)F)s1. The van der Waals surface area contributed by atoms with Gasteiger partial charge in [0, 0.05) is 6.61 Å². The molecule has 8 heteroatoms. The second-order valence-electron chi connectivity index (χ2n) is 3.53. The lowest BCUT2D eigenvalue weighted by molar-refractivity contribution is -0.138. The number of anilines is 1. The summed E-state index contributed by atoms with van der Waals surface area (Å²) in [6, 6.07) is 0.00836. The van der Waals surface area contributed by atoms with Gasteiger partial charge in [0.15, 0.2) is 0 Å². The van der Waals surface area contributed by atoms with Crippen molar-refractivity contribution in [2.75, 3.05) is 11.9 Å². The molecular weight excluding hydrogens is 243 g/mol. The van der Waals surface area contributed by atoms with Crippen LogP contribution in [0.25, 0.3) is 0 Å². The molecule has 2 unspecified atom stereocenters. The molecule has 0 amide bonds. The van der Waals surface area contributed by atoms with Crippen molar-refractivity contribution in [2.45, 2.75) is 31.7 Å². The third-order valence-corrected chi connectivity index (χ3v) is 3.25. The quantitative estimate of drug-likeness (QED) is 0.877. The van der Waals surface area contributed by atoms with Crippen molar-refractivity contribution in [2.24, 2.45) is 0 Å². The van der Waals surface area contributed by atoms with Crippen LogP contribution in [0.2, 0.25) is 0 Å². The Morgan fingerprint density at radius 3 is 2.69 bits per heavy atom. The number of ether oxygens (including phenoxy) is 1. The van der Waals surface area contributed by atoms with Crippen molar-refractivity contribution in [3.05, 3.63) is 5.01 Å². The van der Waals surface area contributed by atoms with Crippen molar-refractivity contribution < 1.29 is 17.9 Å². The molecule has 1 N–H and O–H groups in total. The number of aromatic nitrogens is 2. The Morgan fingerprint density at radius 1 is 1.44 bits per heavy atom. The average Bonchev–Trinajstić information content (AvgIpc) is 2.76. The molecule has 2 heterocycles. The molecule has 1 aliphatic rings. The number of nitrogens with one attached hydrogen (secondary N) is 1. The Morgan fingerprint density at radius 2 is 2.19 bits per heavy atom. The first-order valence-electron chi connectivity index (χ1n) is 4.75. The van der Waals surface area contributed by atoms with Gasteiger partial charge in [-0.1, -0.05) is 11.3 Å². The van der Waals surface area contributed by atoms with Gasteiger partial charge in [-0.2, -0.15) is 13.2 Å². The summed E-state index contributed by atoms with van der Waals surface area (Å²) in [5, 5.41) is 8.72. The smallest absolute Gasteiger partial charge is 0.376 e. The predicted molar refractivity (Wildman–Crippen MR) is 52.4 cm³/mol. The van der Waals surface area contributed by atoms with Crippen LogP contribution in [0.5, 0.6) is 0 Å². The predicted octanol–water partition coefficient (Wildman–Crippen LogP) is 2.15. The minimum Gasteiger partial charge on any atom is -0.376 e. The highest BCUT2D eigenvalue weighted by molar-refractivity contribution is 7.15. The highest BCUT2D eigenvalue weighted by Crippen LogP contribution is 2.33. The van der Waals surface area contributed by atoms with Crippen LogP contribution < -0.4 is 5.32 Å². The maximum absolute atomic E-state index is 12.2. The fourth-order valence-electron chi connectivity index (χ4n) is 1.48. The third kappa shape index (κ3) is 2.43. The molecule has 90 valence electrons. The van der Waals surface area contributed by atoms with Gasteiger partial charge < -0.3 is 10.1 Å². The van der Waals surface area contributed by atoms with Crippen LogP contribution in [0.15, 0.2) is 0 Å². The summed E-state index contributed by atoms with van der Waals surface area (Å²) in [7, 11) is 0. The van der Waals surface area contributed by atoms with Gasteiger partial charge in [0.05, 0.1) is 12.1 Å².